The van der Waals surface area contributed by atoms with Gasteiger partial charge in [-0.3, -0.25) is 4.79 Å². The number of carbonyl (C=O) groups is 1. The van der Waals surface area contributed by atoms with Crippen molar-refractivity contribution >= 4 is 5.91 Å². The van der Waals surface area contributed by atoms with Gasteiger partial charge >= 0.3 is 0 Å². The molecule has 2 heterocycles. The van der Waals surface area contributed by atoms with E-state index < -0.39 is 0 Å². The molecule has 1 aliphatic rings. The van der Waals surface area contributed by atoms with Crippen LogP contribution in [0, 0.1) is 0 Å². The summed E-state index contributed by atoms with van der Waals surface area (Å²) in [7, 11) is 0. The van der Waals surface area contributed by atoms with Crippen molar-refractivity contribution in [3.63, 3.8) is 0 Å². The van der Waals surface area contributed by atoms with Crippen LogP contribution in [0.1, 0.15) is 62.5 Å². The maximum atomic E-state index is 12.2. The SMILES string of the molecule is CC(CCC(=O)NC1CC(C)n2ncnc21)c1ccccc1. The summed E-state index contributed by atoms with van der Waals surface area (Å²) in [5.41, 5.74) is 1.28. The smallest absolute Gasteiger partial charge is 0.220 e. The molecule has 3 rings (SSSR count). The zero-order chi connectivity index (χ0) is 15.5. The molecule has 0 aliphatic carbocycles. The van der Waals surface area contributed by atoms with Crippen LogP contribution in [0.15, 0.2) is 36.7 Å². The molecule has 22 heavy (non-hydrogen) atoms. The molecule has 1 aromatic heterocycles. The number of nitrogens with zero attached hydrogens (tertiary/aromatic N) is 3. The van der Waals surface area contributed by atoms with Gasteiger partial charge in [-0.15, -0.1) is 0 Å². The maximum absolute atomic E-state index is 12.2. The van der Waals surface area contributed by atoms with Crippen molar-refractivity contribution in [3.05, 3.63) is 48.0 Å². The molecule has 5 nitrogen and oxygen atoms in total. The predicted molar refractivity (Wildman–Crippen MR) is 84.3 cm³/mol. The van der Waals surface area contributed by atoms with E-state index in [0.717, 1.165) is 18.7 Å². The fraction of sp³-hybridized carbons (Fsp3) is 0.471. The summed E-state index contributed by atoms with van der Waals surface area (Å²) in [5.74, 6) is 1.35. The van der Waals surface area contributed by atoms with Crippen LogP contribution in [0.4, 0.5) is 0 Å². The molecule has 116 valence electrons. The van der Waals surface area contributed by atoms with Gasteiger partial charge in [-0.1, -0.05) is 37.3 Å². The normalized spacial score (nSPS) is 21.4. The number of rotatable bonds is 5. The molecule has 1 amide bonds. The molecule has 1 aliphatic heterocycles. The van der Waals surface area contributed by atoms with E-state index in [0.29, 0.717) is 18.4 Å². The topological polar surface area (TPSA) is 59.8 Å². The van der Waals surface area contributed by atoms with Crippen molar-refractivity contribution in [2.24, 2.45) is 0 Å². The van der Waals surface area contributed by atoms with E-state index in [1.54, 1.807) is 6.33 Å². The molecule has 0 spiro atoms. The second-order valence-corrected chi connectivity index (χ2v) is 6.12. The lowest BCUT2D eigenvalue weighted by Gasteiger charge is -2.14. The van der Waals surface area contributed by atoms with Crippen LogP contribution in [0.25, 0.3) is 0 Å². The van der Waals surface area contributed by atoms with Gasteiger partial charge in [-0.2, -0.15) is 5.10 Å². The molecular formula is C17H22N4O. The number of hydrogen-bond acceptors (Lipinski definition) is 3. The molecule has 0 radical (unpaired) electrons. The van der Waals surface area contributed by atoms with Crippen LogP contribution < -0.4 is 5.32 Å². The summed E-state index contributed by atoms with van der Waals surface area (Å²) in [6.07, 6.45) is 3.82. The molecule has 0 saturated heterocycles. The lowest BCUT2D eigenvalue weighted by molar-refractivity contribution is -0.122. The molecule has 3 atom stereocenters. The van der Waals surface area contributed by atoms with E-state index in [2.05, 4.69) is 41.4 Å². The molecule has 0 saturated carbocycles. The van der Waals surface area contributed by atoms with E-state index in [-0.39, 0.29) is 11.9 Å². The monoisotopic (exact) mass is 298 g/mol. The van der Waals surface area contributed by atoms with Crippen LogP contribution in [0.2, 0.25) is 0 Å². The fourth-order valence-corrected chi connectivity index (χ4v) is 3.08. The largest absolute Gasteiger partial charge is 0.346 e. The number of hydrogen-bond donors (Lipinski definition) is 1. The van der Waals surface area contributed by atoms with Gasteiger partial charge < -0.3 is 5.32 Å². The number of aromatic nitrogens is 3. The number of fused-ring (bicyclic) bond motifs is 1. The summed E-state index contributed by atoms with van der Waals surface area (Å²) >= 11 is 0. The maximum Gasteiger partial charge on any atom is 0.220 e. The van der Waals surface area contributed by atoms with Crippen LogP contribution in [-0.2, 0) is 4.79 Å². The Labute approximate surface area is 130 Å². The van der Waals surface area contributed by atoms with E-state index in [1.165, 1.54) is 5.56 Å². The highest BCUT2D eigenvalue weighted by Gasteiger charge is 2.31. The van der Waals surface area contributed by atoms with Gasteiger partial charge in [0, 0.05) is 6.42 Å². The molecule has 1 aromatic carbocycles. The lowest BCUT2D eigenvalue weighted by atomic mass is 9.96. The van der Waals surface area contributed by atoms with Gasteiger partial charge in [0.1, 0.15) is 12.2 Å². The second kappa shape index (κ2) is 6.30. The number of carbonyl (C=O) groups excluding carboxylic acids is 1. The molecule has 0 fully saturated rings. The Morgan fingerprint density at radius 1 is 1.41 bits per heavy atom. The number of benzene rings is 1. The number of amides is 1. The van der Waals surface area contributed by atoms with Gasteiger partial charge in [0.2, 0.25) is 5.91 Å². The Bertz CT molecular complexity index is 637. The first-order valence-electron chi connectivity index (χ1n) is 7.89. The first-order valence-corrected chi connectivity index (χ1v) is 7.89. The highest BCUT2D eigenvalue weighted by atomic mass is 16.1. The summed E-state index contributed by atoms with van der Waals surface area (Å²) in [6, 6.07) is 10.6. The van der Waals surface area contributed by atoms with Crippen molar-refractivity contribution in [2.45, 2.75) is 51.1 Å². The molecule has 3 unspecified atom stereocenters. The predicted octanol–water partition coefficient (Wildman–Crippen LogP) is 2.98. The number of nitrogens with one attached hydrogen (secondary N) is 1. The minimum absolute atomic E-state index is 0.00275. The molecular weight excluding hydrogens is 276 g/mol. The van der Waals surface area contributed by atoms with Crippen molar-refractivity contribution in [2.75, 3.05) is 0 Å². The third-order valence-corrected chi connectivity index (χ3v) is 4.42. The average Bonchev–Trinajstić information content (AvgIpc) is 3.11. The Kier molecular flexibility index (Phi) is 4.22. The molecule has 1 N–H and O–H groups in total. The zero-order valence-corrected chi connectivity index (χ0v) is 13.1. The van der Waals surface area contributed by atoms with Gasteiger partial charge in [0.05, 0.1) is 12.1 Å². The quantitative estimate of drug-likeness (QED) is 0.923. The standard InChI is InChI=1S/C17H22N4O/c1-12(14-6-4-3-5-7-14)8-9-16(22)20-15-10-13(2)21-17(15)18-11-19-21/h3-7,11-13,15H,8-10H2,1-2H3,(H,20,22). The van der Waals surface area contributed by atoms with Crippen LogP contribution in [0.5, 0.6) is 0 Å². The lowest BCUT2D eigenvalue weighted by Crippen LogP contribution is -2.27. The van der Waals surface area contributed by atoms with E-state index in [4.69, 9.17) is 0 Å². The van der Waals surface area contributed by atoms with Gasteiger partial charge in [-0.05, 0) is 31.2 Å². The van der Waals surface area contributed by atoms with Crippen molar-refractivity contribution in [1.82, 2.24) is 20.1 Å². The highest BCUT2D eigenvalue weighted by molar-refractivity contribution is 5.76. The van der Waals surface area contributed by atoms with Crippen molar-refractivity contribution in [3.8, 4) is 0 Å². The molecule has 2 aromatic rings. The second-order valence-electron chi connectivity index (χ2n) is 6.12. The van der Waals surface area contributed by atoms with E-state index >= 15 is 0 Å². The summed E-state index contributed by atoms with van der Waals surface area (Å²) in [4.78, 5) is 16.5. The average molecular weight is 298 g/mol. The van der Waals surface area contributed by atoms with E-state index in [1.807, 2.05) is 22.9 Å². The third-order valence-electron chi connectivity index (χ3n) is 4.42. The first-order chi connectivity index (χ1) is 10.6. The highest BCUT2D eigenvalue weighted by Crippen LogP contribution is 2.31. The Morgan fingerprint density at radius 3 is 2.95 bits per heavy atom. The summed E-state index contributed by atoms with van der Waals surface area (Å²) in [6.45, 7) is 4.26. The fourth-order valence-electron chi connectivity index (χ4n) is 3.08. The Balaban J connectivity index is 1.52. The summed E-state index contributed by atoms with van der Waals surface area (Å²) in [5, 5.41) is 7.30. The van der Waals surface area contributed by atoms with Crippen LogP contribution in [-0.4, -0.2) is 20.7 Å². The first kappa shape index (κ1) is 14.8. The summed E-state index contributed by atoms with van der Waals surface area (Å²) < 4.78 is 1.90. The van der Waals surface area contributed by atoms with Crippen molar-refractivity contribution < 1.29 is 4.79 Å². The van der Waals surface area contributed by atoms with E-state index in [9.17, 15) is 4.79 Å². The molecule has 5 heteroatoms. The van der Waals surface area contributed by atoms with Gasteiger partial charge in [-0.25, -0.2) is 9.67 Å². The van der Waals surface area contributed by atoms with Crippen LogP contribution in [0.3, 0.4) is 0 Å². The Morgan fingerprint density at radius 2 is 2.18 bits per heavy atom. The van der Waals surface area contributed by atoms with Crippen molar-refractivity contribution in [1.29, 1.82) is 0 Å². The molecule has 0 bridgehead atoms. The third kappa shape index (κ3) is 3.03. The van der Waals surface area contributed by atoms with Crippen LogP contribution >= 0.6 is 0 Å². The zero-order valence-electron chi connectivity index (χ0n) is 13.1. The minimum atomic E-state index is -0.00275. The minimum Gasteiger partial charge on any atom is -0.346 e. The van der Waals surface area contributed by atoms with Gasteiger partial charge in [0.15, 0.2) is 0 Å². The van der Waals surface area contributed by atoms with Gasteiger partial charge in [0.25, 0.3) is 0 Å². The Hall–Kier alpha value is -2.17.